The van der Waals surface area contributed by atoms with E-state index in [0.717, 1.165) is 18.3 Å². The summed E-state index contributed by atoms with van der Waals surface area (Å²) >= 11 is 5.68. The number of halogens is 2. The minimum absolute atomic E-state index is 0. The van der Waals surface area contributed by atoms with Crippen molar-refractivity contribution < 1.29 is 13.3 Å². The lowest BCUT2D eigenvalue weighted by molar-refractivity contribution is 0.0706. The van der Waals surface area contributed by atoms with Gasteiger partial charge in [-0.05, 0) is 33.6 Å². The third kappa shape index (κ3) is 14.7. The molecule has 0 saturated heterocycles. The largest absolute Gasteiger partial charge is 0.500 e. The van der Waals surface area contributed by atoms with Crippen molar-refractivity contribution >= 4 is 32.8 Å². The highest BCUT2D eigenvalue weighted by Crippen LogP contribution is 2.20. The van der Waals surface area contributed by atoms with E-state index in [9.17, 15) is 0 Å². The van der Waals surface area contributed by atoms with Gasteiger partial charge in [0.15, 0.2) is 0 Å². The molecule has 0 aromatic carbocycles. The Morgan fingerprint density at radius 2 is 0.957 bits per heavy atom. The van der Waals surface area contributed by atoms with Crippen molar-refractivity contribution in [1.82, 2.24) is 0 Å². The summed E-state index contributed by atoms with van der Waals surface area (Å²) in [4.78, 5) is 0. The van der Waals surface area contributed by atoms with Crippen molar-refractivity contribution in [1.29, 1.82) is 0 Å². The molecule has 0 amide bonds. The van der Waals surface area contributed by atoms with E-state index in [4.69, 9.17) is 24.9 Å². The van der Waals surface area contributed by atoms with Gasteiger partial charge >= 0.3 is 8.80 Å². The van der Waals surface area contributed by atoms with Gasteiger partial charge in [-0.2, -0.15) is 0 Å². The molecule has 3 nitrogen and oxygen atoms in total. The molecule has 0 radical (unpaired) electrons. The van der Waals surface area contributed by atoms with Crippen LogP contribution in [-0.2, 0) is 13.3 Å². The number of alkyl halides is 1. The zero-order valence-corrected chi connectivity index (χ0v) is 18.0. The molecule has 0 saturated carbocycles. The Bertz CT molecular complexity index is 217. The first kappa shape index (κ1) is 25.9. The van der Waals surface area contributed by atoms with Crippen molar-refractivity contribution in [2.24, 2.45) is 0 Å². The van der Waals surface area contributed by atoms with E-state index in [2.05, 4.69) is 0 Å². The fraction of sp³-hybridized carbons (Fsp3) is 1.00. The molecule has 0 atom stereocenters. The average Bonchev–Trinajstić information content (AvgIpc) is 2.50. The molecule has 0 aliphatic rings. The Balaban J connectivity index is 0. The van der Waals surface area contributed by atoms with Crippen LogP contribution in [0.15, 0.2) is 0 Å². The van der Waals surface area contributed by atoms with E-state index < -0.39 is 8.80 Å². The van der Waals surface area contributed by atoms with Crippen LogP contribution in [0.1, 0.15) is 78.6 Å². The molecule has 0 aliphatic carbocycles. The Kier molecular flexibility index (Phi) is 21.4. The molecule has 0 aromatic rings. The van der Waals surface area contributed by atoms with Crippen LogP contribution < -0.4 is 0 Å². The van der Waals surface area contributed by atoms with Crippen molar-refractivity contribution in [3.05, 3.63) is 0 Å². The van der Waals surface area contributed by atoms with Gasteiger partial charge in [0, 0.05) is 31.7 Å². The summed E-state index contributed by atoms with van der Waals surface area (Å²) < 4.78 is 17.6. The molecule has 0 bridgehead atoms. The van der Waals surface area contributed by atoms with Crippen LogP contribution in [0.3, 0.4) is 0 Å². The fourth-order valence-electron chi connectivity index (χ4n) is 2.67. The van der Waals surface area contributed by atoms with Crippen LogP contribution >= 0.6 is 24.0 Å². The second-order valence-electron chi connectivity index (χ2n) is 5.60. The van der Waals surface area contributed by atoms with E-state index in [1.54, 1.807) is 0 Å². The summed E-state index contributed by atoms with van der Waals surface area (Å²) in [6, 6.07) is 0.957. The van der Waals surface area contributed by atoms with E-state index in [0.29, 0.717) is 19.8 Å². The zero-order chi connectivity index (χ0) is 16.5. The predicted molar refractivity (Wildman–Crippen MR) is 105 cm³/mol. The van der Waals surface area contributed by atoms with Gasteiger partial charge in [0.25, 0.3) is 0 Å². The Morgan fingerprint density at radius 1 is 0.609 bits per heavy atom. The molecule has 0 heterocycles. The predicted octanol–water partition coefficient (Wildman–Crippen LogP) is 6.21. The topological polar surface area (TPSA) is 27.7 Å². The Labute approximate surface area is 156 Å². The quantitative estimate of drug-likeness (QED) is 0.168. The summed E-state index contributed by atoms with van der Waals surface area (Å²) in [7, 11) is -2.40. The van der Waals surface area contributed by atoms with E-state index in [1.165, 1.54) is 51.4 Å². The third-order valence-corrected chi connectivity index (χ3v) is 7.13. The lowest BCUT2D eigenvalue weighted by Gasteiger charge is -2.28. The highest BCUT2D eigenvalue weighted by molar-refractivity contribution is 6.60. The molecule has 0 aliphatic heterocycles. The molecule has 0 unspecified atom stereocenters. The van der Waals surface area contributed by atoms with Crippen LogP contribution in [0.25, 0.3) is 0 Å². The summed E-state index contributed by atoms with van der Waals surface area (Å²) in [5.74, 6) is 0.811. The third-order valence-electron chi connectivity index (χ3n) is 3.71. The number of unbranched alkanes of at least 4 members (excludes halogenated alkanes) is 8. The van der Waals surface area contributed by atoms with Crippen molar-refractivity contribution in [3.8, 4) is 0 Å². The second kappa shape index (κ2) is 19.0. The molecule has 0 N–H and O–H groups in total. The number of hydrogen-bond donors (Lipinski definition) is 0. The van der Waals surface area contributed by atoms with Gasteiger partial charge in [-0.1, -0.05) is 44.9 Å². The van der Waals surface area contributed by atoms with E-state index in [1.807, 2.05) is 20.8 Å². The highest BCUT2D eigenvalue weighted by atomic mass is 35.5. The van der Waals surface area contributed by atoms with E-state index >= 15 is 0 Å². The highest BCUT2D eigenvalue weighted by Gasteiger charge is 2.39. The summed E-state index contributed by atoms with van der Waals surface area (Å²) in [6.07, 6.45) is 11.6. The van der Waals surface area contributed by atoms with Crippen LogP contribution in [0, 0.1) is 0 Å². The molecular formula is C17H38Cl2O3Si. The normalized spacial score (nSPS) is 11.5. The summed E-state index contributed by atoms with van der Waals surface area (Å²) in [5, 5.41) is 0. The van der Waals surface area contributed by atoms with Gasteiger partial charge in [-0.15, -0.1) is 24.0 Å². The number of rotatable bonds is 17. The molecule has 0 aromatic heterocycles. The first-order valence-electron chi connectivity index (χ1n) is 9.22. The summed E-state index contributed by atoms with van der Waals surface area (Å²) in [5.41, 5.74) is 0. The SMILES string of the molecule is CCO[Si](CCCCCCCCCCCCl)(OCC)OCC.Cl. The molecule has 142 valence electrons. The van der Waals surface area contributed by atoms with Gasteiger partial charge in [0.1, 0.15) is 0 Å². The van der Waals surface area contributed by atoms with Crippen LogP contribution in [0.5, 0.6) is 0 Å². The maximum atomic E-state index is 5.88. The van der Waals surface area contributed by atoms with Gasteiger partial charge in [0.05, 0.1) is 0 Å². The smallest absolute Gasteiger partial charge is 0.374 e. The van der Waals surface area contributed by atoms with Crippen LogP contribution in [0.4, 0.5) is 0 Å². The van der Waals surface area contributed by atoms with Gasteiger partial charge in [-0.3, -0.25) is 0 Å². The first-order chi connectivity index (χ1) is 10.7. The van der Waals surface area contributed by atoms with Gasteiger partial charge in [0.2, 0.25) is 0 Å². The van der Waals surface area contributed by atoms with Crippen molar-refractivity contribution in [2.45, 2.75) is 84.6 Å². The zero-order valence-electron chi connectivity index (χ0n) is 15.4. The molecule has 0 fully saturated rings. The fourth-order valence-corrected chi connectivity index (χ4v) is 5.55. The first-order valence-corrected chi connectivity index (χ1v) is 11.7. The lowest BCUT2D eigenvalue weighted by Crippen LogP contribution is -2.45. The standard InChI is InChI=1S/C17H37ClO3Si.ClH/c1-4-19-22(20-5-2,21-6-3)17-15-13-11-9-7-8-10-12-14-16-18;/h4-17H2,1-3H3;1H. The average molecular weight is 389 g/mol. The second-order valence-corrected chi connectivity index (χ2v) is 8.71. The van der Waals surface area contributed by atoms with E-state index in [-0.39, 0.29) is 12.4 Å². The molecule has 0 rings (SSSR count). The van der Waals surface area contributed by atoms with Gasteiger partial charge < -0.3 is 13.3 Å². The maximum Gasteiger partial charge on any atom is 0.500 e. The summed E-state index contributed by atoms with van der Waals surface area (Å²) in [6.45, 7) is 8.08. The van der Waals surface area contributed by atoms with Gasteiger partial charge in [-0.25, -0.2) is 0 Å². The van der Waals surface area contributed by atoms with Crippen molar-refractivity contribution in [3.63, 3.8) is 0 Å². The molecular weight excluding hydrogens is 351 g/mol. The Morgan fingerprint density at radius 3 is 1.30 bits per heavy atom. The minimum Gasteiger partial charge on any atom is -0.374 e. The van der Waals surface area contributed by atoms with Crippen molar-refractivity contribution in [2.75, 3.05) is 25.7 Å². The lowest BCUT2D eigenvalue weighted by atomic mass is 10.1. The monoisotopic (exact) mass is 388 g/mol. The number of hydrogen-bond acceptors (Lipinski definition) is 3. The minimum atomic E-state index is -2.40. The Hall–Kier alpha value is 0.677. The molecule has 6 heteroatoms. The maximum absolute atomic E-state index is 5.88. The van der Waals surface area contributed by atoms with Crippen LogP contribution in [-0.4, -0.2) is 34.5 Å². The molecule has 23 heavy (non-hydrogen) atoms. The van der Waals surface area contributed by atoms with Crippen LogP contribution in [0.2, 0.25) is 6.04 Å². The molecule has 0 spiro atoms.